The Bertz CT molecular complexity index is 730. The predicted molar refractivity (Wildman–Crippen MR) is 92.4 cm³/mol. The molecule has 6 heteroatoms. The lowest BCUT2D eigenvalue weighted by Gasteiger charge is -2.12. The van der Waals surface area contributed by atoms with E-state index < -0.39 is 0 Å². The first-order valence-corrected chi connectivity index (χ1v) is 7.49. The summed E-state index contributed by atoms with van der Waals surface area (Å²) in [5.41, 5.74) is 14.0. The van der Waals surface area contributed by atoms with E-state index in [4.69, 9.17) is 20.9 Å². The second-order valence-corrected chi connectivity index (χ2v) is 5.15. The van der Waals surface area contributed by atoms with Crippen LogP contribution in [0.4, 0.5) is 11.6 Å². The number of benzene rings is 2. The number of nitrogen functional groups attached to an aromatic ring is 2. The number of hydrogen-bond donors (Lipinski definition) is 2. The van der Waals surface area contributed by atoms with Crippen molar-refractivity contribution in [2.24, 2.45) is 0 Å². The Morgan fingerprint density at radius 1 is 0.667 bits per heavy atom. The quantitative estimate of drug-likeness (QED) is 0.724. The Kier molecular flexibility index (Phi) is 4.76. The molecule has 0 bridgehead atoms. The van der Waals surface area contributed by atoms with Crippen molar-refractivity contribution in [2.75, 3.05) is 11.5 Å². The van der Waals surface area contributed by atoms with Gasteiger partial charge >= 0.3 is 0 Å². The van der Waals surface area contributed by atoms with Gasteiger partial charge in [0.1, 0.15) is 13.2 Å². The molecule has 0 unspecified atom stereocenters. The van der Waals surface area contributed by atoms with Gasteiger partial charge in [0.15, 0.2) is 5.69 Å². The molecule has 0 fully saturated rings. The van der Waals surface area contributed by atoms with Gasteiger partial charge in [0.05, 0.1) is 0 Å². The zero-order valence-corrected chi connectivity index (χ0v) is 13.1. The monoisotopic (exact) mass is 322 g/mol. The van der Waals surface area contributed by atoms with Gasteiger partial charge < -0.3 is 20.9 Å². The lowest BCUT2D eigenvalue weighted by Crippen LogP contribution is -2.08. The maximum absolute atomic E-state index is 6.05. The van der Waals surface area contributed by atoms with Crippen molar-refractivity contribution in [3.63, 3.8) is 0 Å². The van der Waals surface area contributed by atoms with E-state index in [9.17, 15) is 0 Å². The van der Waals surface area contributed by atoms with Crippen LogP contribution < -0.4 is 20.9 Å². The summed E-state index contributed by atoms with van der Waals surface area (Å²) >= 11 is 0. The summed E-state index contributed by atoms with van der Waals surface area (Å²) in [5.74, 6) is 0.485. The minimum atomic E-state index is 0.0512. The number of ether oxygens (including phenoxy) is 2. The van der Waals surface area contributed by atoms with Crippen LogP contribution >= 0.6 is 0 Å². The molecule has 3 aromatic rings. The van der Waals surface area contributed by atoms with E-state index in [2.05, 4.69) is 9.97 Å². The molecular formula is C18H18N4O2. The lowest BCUT2D eigenvalue weighted by atomic mass is 10.2. The maximum Gasteiger partial charge on any atom is 0.246 e. The summed E-state index contributed by atoms with van der Waals surface area (Å²) < 4.78 is 11.3. The summed E-state index contributed by atoms with van der Waals surface area (Å²) in [4.78, 5) is 8.09. The van der Waals surface area contributed by atoms with Gasteiger partial charge in [-0.15, -0.1) is 0 Å². The van der Waals surface area contributed by atoms with E-state index in [1.54, 1.807) is 0 Å². The highest BCUT2D eigenvalue weighted by Crippen LogP contribution is 2.29. The number of anilines is 2. The molecule has 0 aliphatic rings. The van der Waals surface area contributed by atoms with Crippen molar-refractivity contribution in [1.29, 1.82) is 0 Å². The van der Waals surface area contributed by atoms with E-state index in [1.807, 2.05) is 60.7 Å². The van der Waals surface area contributed by atoms with Crippen molar-refractivity contribution in [3.05, 3.63) is 71.8 Å². The highest BCUT2D eigenvalue weighted by molar-refractivity contribution is 5.58. The highest BCUT2D eigenvalue weighted by atomic mass is 16.5. The number of rotatable bonds is 6. The van der Waals surface area contributed by atoms with Crippen LogP contribution in [0.15, 0.2) is 60.7 Å². The number of aromatic nitrogens is 2. The molecule has 3 rings (SSSR count). The van der Waals surface area contributed by atoms with Crippen molar-refractivity contribution >= 4 is 11.6 Å². The molecule has 0 aliphatic carbocycles. The molecule has 1 heterocycles. The lowest BCUT2D eigenvalue weighted by molar-refractivity contribution is 0.278. The standard InChI is InChI=1S/C18H18N4O2/c19-15-16(23-11-13-7-3-1-4-8-13)21-18(20)22-17(15)24-12-14-9-5-2-6-10-14/h1-10H,11-12,19H2,(H2,20,21,22). The smallest absolute Gasteiger partial charge is 0.246 e. The fourth-order valence-corrected chi connectivity index (χ4v) is 2.12. The van der Waals surface area contributed by atoms with Gasteiger partial charge in [0.25, 0.3) is 0 Å². The Hall–Kier alpha value is -3.28. The van der Waals surface area contributed by atoms with Crippen LogP contribution in [0.2, 0.25) is 0 Å². The Morgan fingerprint density at radius 3 is 1.50 bits per heavy atom. The van der Waals surface area contributed by atoms with Crippen LogP contribution in [0.3, 0.4) is 0 Å². The van der Waals surface area contributed by atoms with E-state index in [-0.39, 0.29) is 23.4 Å². The molecule has 0 saturated carbocycles. The van der Waals surface area contributed by atoms with Crippen LogP contribution in [-0.4, -0.2) is 9.97 Å². The first-order valence-electron chi connectivity index (χ1n) is 7.49. The van der Waals surface area contributed by atoms with Gasteiger partial charge in [-0.3, -0.25) is 0 Å². The van der Waals surface area contributed by atoms with E-state index >= 15 is 0 Å². The van der Waals surface area contributed by atoms with Crippen molar-refractivity contribution < 1.29 is 9.47 Å². The predicted octanol–water partition coefficient (Wildman–Crippen LogP) is 2.80. The van der Waals surface area contributed by atoms with Crippen molar-refractivity contribution in [2.45, 2.75) is 13.2 Å². The molecule has 6 nitrogen and oxygen atoms in total. The highest BCUT2D eigenvalue weighted by Gasteiger charge is 2.13. The van der Waals surface area contributed by atoms with E-state index in [0.717, 1.165) is 11.1 Å². The fraction of sp³-hybridized carbons (Fsp3) is 0.111. The van der Waals surface area contributed by atoms with E-state index in [0.29, 0.717) is 13.2 Å². The third kappa shape index (κ3) is 3.92. The molecule has 4 N–H and O–H groups in total. The summed E-state index contributed by atoms with van der Waals surface area (Å²) in [5, 5.41) is 0. The Labute approximate surface area is 140 Å². The minimum absolute atomic E-state index is 0.0512. The molecule has 0 aliphatic heterocycles. The molecular weight excluding hydrogens is 304 g/mol. The molecule has 122 valence electrons. The van der Waals surface area contributed by atoms with Gasteiger partial charge in [-0.05, 0) is 11.1 Å². The zero-order valence-electron chi connectivity index (χ0n) is 13.1. The Morgan fingerprint density at radius 2 is 1.08 bits per heavy atom. The summed E-state index contributed by atoms with van der Waals surface area (Å²) in [7, 11) is 0. The SMILES string of the molecule is Nc1nc(OCc2ccccc2)c(N)c(OCc2ccccc2)n1. The molecule has 0 atom stereocenters. The molecule has 1 aromatic heterocycles. The van der Waals surface area contributed by atoms with Crippen LogP contribution in [0.5, 0.6) is 11.8 Å². The van der Waals surface area contributed by atoms with Crippen LogP contribution in [0, 0.1) is 0 Å². The average Bonchev–Trinajstić information content (AvgIpc) is 2.62. The molecule has 0 spiro atoms. The number of hydrogen-bond acceptors (Lipinski definition) is 6. The second-order valence-electron chi connectivity index (χ2n) is 5.15. The normalized spacial score (nSPS) is 10.3. The number of nitrogens with two attached hydrogens (primary N) is 2. The second kappa shape index (κ2) is 7.32. The molecule has 0 saturated heterocycles. The van der Waals surface area contributed by atoms with E-state index in [1.165, 1.54) is 0 Å². The first-order chi connectivity index (χ1) is 11.7. The van der Waals surface area contributed by atoms with Crippen LogP contribution in [0.25, 0.3) is 0 Å². The average molecular weight is 322 g/mol. The maximum atomic E-state index is 6.05. The largest absolute Gasteiger partial charge is 0.471 e. The number of nitrogens with zero attached hydrogens (tertiary/aromatic N) is 2. The fourth-order valence-electron chi connectivity index (χ4n) is 2.12. The topological polar surface area (TPSA) is 96.3 Å². The summed E-state index contributed by atoms with van der Waals surface area (Å²) in [6.07, 6.45) is 0. The van der Waals surface area contributed by atoms with Gasteiger partial charge in [0, 0.05) is 0 Å². The van der Waals surface area contributed by atoms with Gasteiger partial charge in [-0.25, -0.2) is 0 Å². The first kappa shape index (κ1) is 15.6. The third-order valence-corrected chi connectivity index (χ3v) is 3.33. The summed E-state index contributed by atoms with van der Waals surface area (Å²) in [6, 6.07) is 19.4. The minimum Gasteiger partial charge on any atom is -0.471 e. The van der Waals surface area contributed by atoms with Gasteiger partial charge in [-0.1, -0.05) is 60.7 Å². The van der Waals surface area contributed by atoms with Crippen LogP contribution in [-0.2, 0) is 13.2 Å². The molecule has 2 aromatic carbocycles. The zero-order chi connectivity index (χ0) is 16.8. The molecule has 24 heavy (non-hydrogen) atoms. The van der Waals surface area contributed by atoms with Gasteiger partial charge in [-0.2, -0.15) is 9.97 Å². The molecule has 0 amide bonds. The van der Waals surface area contributed by atoms with Crippen molar-refractivity contribution in [1.82, 2.24) is 9.97 Å². The van der Waals surface area contributed by atoms with Gasteiger partial charge in [0.2, 0.25) is 17.7 Å². The summed E-state index contributed by atoms with van der Waals surface area (Å²) in [6.45, 7) is 0.666. The third-order valence-electron chi connectivity index (χ3n) is 3.33. The van der Waals surface area contributed by atoms with Crippen molar-refractivity contribution in [3.8, 4) is 11.8 Å². The molecule has 0 radical (unpaired) electrons. The Balaban J connectivity index is 1.72. The van der Waals surface area contributed by atoms with Crippen LogP contribution in [0.1, 0.15) is 11.1 Å².